The van der Waals surface area contributed by atoms with Crippen molar-refractivity contribution >= 4 is 17.8 Å². The largest absolute Gasteiger partial charge is 0.480 e. The first-order chi connectivity index (χ1) is 14.8. The zero-order valence-electron chi connectivity index (χ0n) is 18.6. The molecule has 2 rings (SSSR count). The maximum atomic E-state index is 13.2. The molecule has 8 heteroatoms. The summed E-state index contributed by atoms with van der Waals surface area (Å²) in [5.41, 5.74) is 1.08. The van der Waals surface area contributed by atoms with Crippen LogP contribution in [0.1, 0.15) is 45.6 Å². The number of carboxylic acids is 1. The number of carboxylic acid groups (broad SMARTS) is 1. The molecule has 172 valence electrons. The van der Waals surface area contributed by atoms with Gasteiger partial charge in [0.05, 0.1) is 18.8 Å². The van der Waals surface area contributed by atoms with E-state index in [1.807, 2.05) is 30.3 Å². The number of carbonyl (C=O) groups excluding carboxylic acids is 2. The lowest BCUT2D eigenvalue weighted by Crippen LogP contribution is -2.55. The molecule has 2 N–H and O–H groups in total. The molecule has 0 bridgehead atoms. The number of esters is 1. The first kappa shape index (κ1) is 24.8. The lowest BCUT2D eigenvalue weighted by atomic mass is 10.0. The van der Waals surface area contributed by atoms with E-state index in [9.17, 15) is 19.5 Å². The summed E-state index contributed by atoms with van der Waals surface area (Å²) < 4.78 is 10.8. The smallest absolute Gasteiger partial charge is 0.326 e. The molecule has 31 heavy (non-hydrogen) atoms. The highest BCUT2D eigenvalue weighted by molar-refractivity contribution is 5.87. The van der Waals surface area contributed by atoms with Gasteiger partial charge in [-0.15, -0.1) is 0 Å². The summed E-state index contributed by atoms with van der Waals surface area (Å²) in [7, 11) is 0. The van der Waals surface area contributed by atoms with Gasteiger partial charge in [-0.05, 0) is 52.0 Å². The van der Waals surface area contributed by atoms with Gasteiger partial charge in [-0.3, -0.25) is 14.9 Å². The number of aryl methyl sites for hydroxylation is 1. The van der Waals surface area contributed by atoms with E-state index in [2.05, 4.69) is 5.32 Å². The zero-order chi connectivity index (χ0) is 22.8. The average Bonchev–Trinajstić information content (AvgIpc) is 3.28. The second kappa shape index (κ2) is 12.4. The molecular formula is C23H34N2O6. The molecule has 1 aromatic rings. The van der Waals surface area contributed by atoms with Crippen LogP contribution in [0.4, 0.5) is 0 Å². The maximum Gasteiger partial charge on any atom is 0.326 e. The molecule has 0 saturated carbocycles. The number of rotatable bonds is 12. The Morgan fingerprint density at radius 3 is 2.55 bits per heavy atom. The van der Waals surface area contributed by atoms with Crippen LogP contribution in [-0.4, -0.2) is 71.8 Å². The molecule has 2 unspecified atom stereocenters. The van der Waals surface area contributed by atoms with Crippen LogP contribution in [0.25, 0.3) is 0 Å². The van der Waals surface area contributed by atoms with Gasteiger partial charge in [-0.1, -0.05) is 30.3 Å². The van der Waals surface area contributed by atoms with Gasteiger partial charge in [-0.2, -0.15) is 0 Å². The Labute approximate surface area is 183 Å². The van der Waals surface area contributed by atoms with Crippen molar-refractivity contribution < 1.29 is 29.0 Å². The van der Waals surface area contributed by atoms with E-state index >= 15 is 0 Å². The van der Waals surface area contributed by atoms with Crippen LogP contribution in [0.2, 0.25) is 0 Å². The molecule has 1 fully saturated rings. The molecule has 0 radical (unpaired) electrons. The van der Waals surface area contributed by atoms with Crippen LogP contribution < -0.4 is 5.32 Å². The molecular weight excluding hydrogens is 400 g/mol. The van der Waals surface area contributed by atoms with Crippen molar-refractivity contribution in [3.05, 3.63) is 35.9 Å². The van der Waals surface area contributed by atoms with Crippen LogP contribution in [-0.2, 0) is 30.3 Å². The third kappa shape index (κ3) is 7.63. The lowest BCUT2D eigenvalue weighted by Gasteiger charge is -2.32. The fraction of sp³-hybridized carbons (Fsp3) is 0.609. The molecule has 1 aromatic carbocycles. The van der Waals surface area contributed by atoms with Gasteiger partial charge in [0.15, 0.2) is 0 Å². The minimum absolute atomic E-state index is 0.170. The van der Waals surface area contributed by atoms with Crippen LogP contribution in [0.5, 0.6) is 0 Å². The molecule has 1 heterocycles. The third-order valence-corrected chi connectivity index (χ3v) is 5.49. The lowest BCUT2D eigenvalue weighted by molar-refractivity contribution is -0.152. The normalized spacial score (nSPS) is 18.7. The minimum Gasteiger partial charge on any atom is -0.480 e. The van der Waals surface area contributed by atoms with Gasteiger partial charge in [0.25, 0.3) is 0 Å². The Balaban J connectivity index is 2.07. The SMILES string of the molecule is CCOC(=O)C(CCc1ccccc1)N[C@@H](C)C(=O)N(CC1CCCO1)[C@@H](C)C(=O)O. The van der Waals surface area contributed by atoms with Crippen molar-refractivity contribution in [2.45, 2.75) is 70.7 Å². The molecule has 1 aliphatic heterocycles. The van der Waals surface area contributed by atoms with Crippen LogP contribution in [0, 0.1) is 0 Å². The number of amides is 1. The summed E-state index contributed by atoms with van der Waals surface area (Å²) >= 11 is 0. The fourth-order valence-corrected chi connectivity index (χ4v) is 3.67. The summed E-state index contributed by atoms with van der Waals surface area (Å²) in [6, 6.07) is 7.33. The Kier molecular flexibility index (Phi) is 9.94. The average molecular weight is 435 g/mol. The molecule has 4 atom stereocenters. The standard InChI is InChI=1S/C23H34N2O6/c1-4-30-23(29)20(13-12-18-9-6-5-7-10-18)24-16(2)21(26)25(17(3)22(27)28)15-19-11-8-14-31-19/h5-7,9-10,16-17,19-20,24H,4,8,11-15H2,1-3H3,(H,27,28)/t16-,17-,19?,20?/m0/s1. The fourth-order valence-electron chi connectivity index (χ4n) is 3.67. The van der Waals surface area contributed by atoms with Crippen LogP contribution >= 0.6 is 0 Å². The first-order valence-corrected chi connectivity index (χ1v) is 10.9. The van der Waals surface area contributed by atoms with Crippen LogP contribution in [0.15, 0.2) is 30.3 Å². The van der Waals surface area contributed by atoms with E-state index in [-0.39, 0.29) is 25.2 Å². The number of nitrogens with one attached hydrogen (secondary N) is 1. The third-order valence-electron chi connectivity index (χ3n) is 5.49. The quantitative estimate of drug-likeness (QED) is 0.485. The second-order valence-electron chi connectivity index (χ2n) is 7.86. The minimum atomic E-state index is -1.08. The van der Waals surface area contributed by atoms with E-state index in [1.165, 1.54) is 11.8 Å². The number of aliphatic carboxylic acids is 1. The number of benzene rings is 1. The predicted molar refractivity (Wildman–Crippen MR) is 116 cm³/mol. The number of hydrogen-bond donors (Lipinski definition) is 2. The summed E-state index contributed by atoms with van der Waals surface area (Å²) in [5, 5.41) is 12.5. The monoisotopic (exact) mass is 434 g/mol. The Morgan fingerprint density at radius 1 is 1.26 bits per heavy atom. The predicted octanol–water partition coefficient (Wildman–Crippen LogP) is 2.01. The van der Waals surface area contributed by atoms with Crippen molar-refractivity contribution in [1.29, 1.82) is 0 Å². The summed E-state index contributed by atoms with van der Waals surface area (Å²) in [6.45, 7) is 5.94. The number of ether oxygens (including phenoxy) is 2. The summed E-state index contributed by atoms with van der Waals surface area (Å²) in [6.07, 6.45) is 2.62. The molecule has 0 spiro atoms. The van der Waals surface area contributed by atoms with Gasteiger partial charge in [0, 0.05) is 13.2 Å². The van der Waals surface area contributed by atoms with E-state index in [4.69, 9.17) is 9.47 Å². The van der Waals surface area contributed by atoms with Gasteiger partial charge in [0.2, 0.25) is 5.91 Å². The Bertz CT molecular complexity index is 720. The highest BCUT2D eigenvalue weighted by Gasteiger charge is 2.34. The van der Waals surface area contributed by atoms with Crippen molar-refractivity contribution in [1.82, 2.24) is 10.2 Å². The summed E-state index contributed by atoms with van der Waals surface area (Å²) in [5.74, 6) is -1.88. The second-order valence-corrected chi connectivity index (χ2v) is 7.86. The van der Waals surface area contributed by atoms with E-state index in [0.29, 0.717) is 19.4 Å². The van der Waals surface area contributed by atoms with Crippen molar-refractivity contribution in [3.63, 3.8) is 0 Å². The van der Waals surface area contributed by atoms with E-state index < -0.39 is 30.1 Å². The number of nitrogens with zero attached hydrogens (tertiary/aromatic N) is 1. The molecule has 1 amide bonds. The molecule has 1 saturated heterocycles. The number of carbonyl (C=O) groups is 3. The van der Waals surface area contributed by atoms with Gasteiger partial charge >= 0.3 is 11.9 Å². The van der Waals surface area contributed by atoms with Crippen molar-refractivity contribution in [2.75, 3.05) is 19.8 Å². The van der Waals surface area contributed by atoms with Gasteiger partial charge in [0.1, 0.15) is 12.1 Å². The topological polar surface area (TPSA) is 105 Å². The van der Waals surface area contributed by atoms with Crippen LogP contribution in [0.3, 0.4) is 0 Å². The maximum absolute atomic E-state index is 13.2. The molecule has 0 aromatic heterocycles. The van der Waals surface area contributed by atoms with Gasteiger partial charge in [-0.25, -0.2) is 4.79 Å². The Morgan fingerprint density at radius 2 is 1.97 bits per heavy atom. The van der Waals surface area contributed by atoms with Gasteiger partial charge < -0.3 is 19.5 Å². The van der Waals surface area contributed by atoms with Crippen molar-refractivity contribution in [2.24, 2.45) is 0 Å². The first-order valence-electron chi connectivity index (χ1n) is 10.9. The highest BCUT2D eigenvalue weighted by Crippen LogP contribution is 2.16. The summed E-state index contributed by atoms with van der Waals surface area (Å²) in [4.78, 5) is 38.6. The van der Waals surface area contributed by atoms with E-state index in [1.54, 1.807) is 13.8 Å². The zero-order valence-corrected chi connectivity index (χ0v) is 18.6. The number of hydrogen-bond acceptors (Lipinski definition) is 6. The molecule has 1 aliphatic rings. The molecule has 0 aliphatic carbocycles. The Hall–Kier alpha value is -2.45. The highest BCUT2D eigenvalue weighted by atomic mass is 16.5. The van der Waals surface area contributed by atoms with E-state index in [0.717, 1.165) is 18.4 Å². The van der Waals surface area contributed by atoms with Crippen molar-refractivity contribution in [3.8, 4) is 0 Å². The molecule has 8 nitrogen and oxygen atoms in total.